The average molecular weight is 337 g/mol. The normalized spacial score (nSPS) is 17.2. The number of nitrogens with zero attached hydrogens (tertiary/aromatic N) is 2. The van der Waals surface area contributed by atoms with E-state index in [1.165, 1.54) is 6.92 Å². The van der Waals surface area contributed by atoms with Crippen LogP contribution in [0.1, 0.15) is 18.9 Å². The van der Waals surface area contributed by atoms with Gasteiger partial charge in [-0.1, -0.05) is 53.9 Å². The summed E-state index contributed by atoms with van der Waals surface area (Å²) < 4.78 is 0. The maximum absolute atomic E-state index is 12.1. The minimum atomic E-state index is -1.37. The third-order valence-electron chi connectivity index (χ3n) is 2.74. The molecule has 0 aliphatic carbocycles. The highest BCUT2D eigenvalue weighted by molar-refractivity contribution is 8.15. The second-order valence-electron chi connectivity index (χ2n) is 4.39. The zero-order chi connectivity index (χ0) is 16.1. The Labute approximate surface area is 135 Å². The van der Waals surface area contributed by atoms with Gasteiger partial charge < -0.3 is 9.90 Å². The molecule has 8 heteroatoms. The van der Waals surface area contributed by atoms with E-state index >= 15 is 0 Å². The van der Waals surface area contributed by atoms with Crippen molar-refractivity contribution in [1.29, 1.82) is 0 Å². The van der Waals surface area contributed by atoms with Gasteiger partial charge in [-0.2, -0.15) is 5.10 Å². The molecule has 1 heterocycles. The van der Waals surface area contributed by atoms with Crippen LogP contribution < -0.4 is 5.11 Å². The van der Waals surface area contributed by atoms with Crippen molar-refractivity contribution >= 4 is 45.6 Å². The van der Waals surface area contributed by atoms with Gasteiger partial charge in [-0.25, -0.2) is 5.01 Å². The molecule has 1 aliphatic rings. The first-order chi connectivity index (χ1) is 10.5. The Balaban J connectivity index is 2.12. The molecule has 1 atom stereocenters. The van der Waals surface area contributed by atoms with E-state index in [1.54, 1.807) is 24.3 Å². The second kappa shape index (κ2) is 7.46. The SMILES string of the molecule is CC(=O)SCCC(=O)N1N=C(c2ccccc2)SC1C(=O)[O-]. The minimum Gasteiger partial charge on any atom is -0.547 e. The predicted octanol–water partition coefficient (Wildman–Crippen LogP) is 0.669. The van der Waals surface area contributed by atoms with E-state index in [0.717, 1.165) is 34.1 Å². The fourth-order valence-electron chi connectivity index (χ4n) is 1.77. The van der Waals surface area contributed by atoms with Crippen molar-refractivity contribution in [2.45, 2.75) is 18.7 Å². The number of carbonyl (C=O) groups excluding carboxylic acids is 3. The molecule has 1 aromatic rings. The Morgan fingerprint density at radius 1 is 1.32 bits per heavy atom. The Bertz CT molecular complexity index is 619. The van der Waals surface area contributed by atoms with Crippen molar-refractivity contribution < 1.29 is 19.5 Å². The van der Waals surface area contributed by atoms with Gasteiger partial charge in [0.05, 0.1) is 5.97 Å². The molecule has 0 bridgehead atoms. The first-order valence-corrected chi connectivity index (χ1v) is 8.32. The van der Waals surface area contributed by atoms with Crippen LogP contribution in [-0.2, 0) is 14.4 Å². The van der Waals surface area contributed by atoms with Gasteiger partial charge in [0.1, 0.15) is 10.4 Å². The number of benzene rings is 1. The summed E-state index contributed by atoms with van der Waals surface area (Å²) in [5.74, 6) is -1.51. The fourth-order valence-corrected chi connectivity index (χ4v) is 3.31. The fraction of sp³-hybridized carbons (Fsp3) is 0.286. The molecule has 0 saturated carbocycles. The topological polar surface area (TPSA) is 89.9 Å². The highest BCUT2D eigenvalue weighted by atomic mass is 32.2. The molecular formula is C14H13N2O4S2-. The lowest BCUT2D eigenvalue weighted by Crippen LogP contribution is -2.44. The van der Waals surface area contributed by atoms with E-state index in [2.05, 4.69) is 5.10 Å². The van der Waals surface area contributed by atoms with Crippen LogP contribution in [0, 0.1) is 0 Å². The van der Waals surface area contributed by atoms with Crippen molar-refractivity contribution in [3.8, 4) is 0 Å². The molecule has 0 fully saturated rings. The summed E-state index contributed by atoms with van der Waals surface area (Å²) in [6.45, 7) is 1.41. The quantitative estimate of drug-likeness (QED) is 0.784. The molecule has 0 saturated heterocycles. The van der Waals surface area contributed by atoms with Crippen LogP contribution in [0.25, 0.3) is 0 Å². The number of hydrogen-bond donors (Lipinski definition) is 0. The Hall–Kier alpha value is -1.80. The third kappa shape index (κ3) is 4.11. The molecular weight excluding hydrogens is 324 g/mol. The molecule has 1 amide bonds. The summed E-state index contributed by atoms with van der Waals surface area (Å²) in [5, 5.41) is 15.5. The smallest absolute Gasteiger partial charge is 0.244 e. The number of thioether (sulfide) groups is 2. The van der Waals surface area contributed by atoms with Crippen molar-refractivity contribution in [3.63, 3.8) is 0 Å². The van der Waals surface area contributed by atoms with Gasteiger partial charge in [-0.15, -0.1) is 0 Å². The number of aliphatic carboxylic acids is 1. The minimum absolute atomic E-state index is 0.0418. The van der Waals surface area contributed by atoms with Crippen LogP contribution in [0.4, 0.5) is 0 Å². The largest absolute Gasteiger partial charge is 0.547 e. The lowest BCUT2D eigenvalue weighted by molar-refractivity contribution is -0.307. The molecule has 1 unspecified atom stereocenters. The molecule has 1 aliphatic heterocycles. The van der Waals surface area contributed by atoms with Gasteiger partial charge in [0, 0.05) is 24.7 Å². The maximum atomic E-state index is 12.1. The van der Waals surface area contributed by atoms with Crippen LogP contribution in [0.2, 0.25) is 0 Å². The van der Waals surface area contributed by atoms with Crippen molar-refractivity contribution in [1.82, 2.24) is 5.01 Å². The van der Waals surface area contributed by atoms with Gasteiger partial charge in [-0.3, -0.25) is 9.59 Å². The van der Waals surface area contributed by atoms with Crippen LogP contribution in [0.3, 0.4) is 0 Å². The van der Waals surface area contributed by atoms with Crippen LogP contribution in [0.15, 0.2) is 35.4 Å². The Morgan fingerprint density at radius 3 is 2.59 bits per heavy atom. The average Bonchev–Trinajstić information content (AvgIpc) is 2.93. The number of rotatable bonds is 5. The standard InChI is InChI=1S/C14H14N2O4S2/c1-9(17)21-8-7-11(18)16-13(14(19)20)22-12(15-16)10-5-3-2-4-6-10/h2-6,13H,7-8H2,1H3,(H,19,20)/p-1. The molecule has 116 valence electrons. The lowest BCUT2D eigenvalue weighted by Gasteiger charge is -2.21. The summed E-state index contributed by atoms with van der Waals surface area (Å²) in [7, 11) is 0. The van der Waals surface area contributed by atoms with Gasteiger partial charge in [0.25, 0.3) is 0 Å². The number of carbonyl (C=O) groups is 3. The Morgan fingerprint density at radius 2 is 2.00 bits per heavy atom. The third-order valence-corrected chi connectivity index (χ3v) is 4.71. The molecule has 2 rings (SSSR count). The summed E-state index contributed by atoms with van der Waals surface area (Å²) in [6.07, 6.45) is 0.0418. The molecule has 22 heavy (non-hydrogen) atoms. The monoisotopic (exact) mass is 337 g/mol. The van der Waals surface area contributed by atoms with E-state index < -0.39 is 17.3 Å². The predicted molar refractivity (Wildman–Crippen MR) is 84.0 cm³/mol. The summed E-state index contributed by atoms with van der Waals surface area (Å²) >= 11 is 1.99. The number of carboxylic acids is 1. The summed E-state index contributed by atoms with van der Waals surface area (Å²) in [4.78, 5) is 34.2. The van der Waals surface area contributed by atoms with Crippen molar-refractivity contribution in [2.75, 3.05) is 5.75 Å². The Kier molecular flexibility index (Phi) is 5.62. The van der Waals surface area contributed by atoms with Crippen LogP contribution in [0.5, 0.6) is 0 Å². The zero-order valence-electron chi connectivity index (χ0n) is 11.7. The van der Waals surface area contributed by atoms with Crippen LogP contribution in [-0.4, -0.2) is 38.2 Å². The molecule has 1 aromatic carbocycles. The van der Waals surface area contributed by atoms with Gasteiger partial charge >= 0.3 is 0 Å². The number of hydrazone groups is 1. The number of carboxylic acid groups (broad SMARTS) is 1. The zero-order valence-corrected chi connectivity index (χ0v) is 13.4. The molecule has 6 nitrogen and oxygen atoms in total. The maximum Gasteiger partial charge on any atom is 0.244 e. The van der Waals surface area contributed by atoms with Gasteiger partial charge in [0.15, 0.2) is 5.12 Å². The highest BCUT2D eigenvalue weighted by Crippen LogP contribution is 2.30. The molecule has 0 aromatic heterocycles. The molecule has 0 radical (unpaired) electrons. The number of amides is 1. The summed E-state index contributed by atoms with van der Waals surface area (Å²) in [6, 6.07) is 9.03. The van der Waals surface area contributed by atoms with E-state index in [0.29, 0.717) is 10.8 Å². The summed E-state index contributed by atoms with van der Waals surface area (Å²) in [5.41, 5.74) is 0.743. The van der Waals surface area contributed by atoms with Crippen molar-refractivity contribution in [2.24, 2.45) is 5.10 Å². The van der Waals surface area contributed by atoms with Gasteiger partial charge in [0.2, 0.25) is 5.91 Å². The van der Waals surface area contributed by atoms with Crippen molar-refractivity contribution in [3.05, 3.63) is 35.9 Å². The van der Waals surface area contributed by atoms with E-state index in [4.69, 9.17) is 0 Å². The lowest BCUT2D eigenvalue weighted by atomic mass is 10.2. The highest BCUT2D eigenvalue weighted by Gasteiger charge is 2.33. The van der Waals surface area contributed by atoms with E-state index in [-0.39, 0.29) is 11.5 Å². The first-order valence-electron chi connectivity index (χ1n) is 6.46. The van der Waals surface area contributed by atoms with E-state index in [1.807, 2.05) is 6.07 Å². The molecule has 0 N–H and O–H groups in total. The number of hydrogen-bond acceptors (Lipinski definition) is 7. The first kappa shape index (κ1) is 16.6. The van der Waals surface area contributed by atoms with E-state index in [9.17, 15) is 19.5 Å². The van der Waals surface area contributed by atoms with Crippen LogP contribution >= 0.6 is 23.5 Å². The second-order valence-corrected chi connectivity index (χ2v) is 6.73. The van der Waals surface area contributed by atoms with Gasteiger partial charge in [-0.05, 0) is 0 Å². The molecule has 0 spiro atoms.